The number of hydrogen-bond acceptors (Lipinski definition) is 7. The van der Waals surface area contributed by atoms with Crippen LogP contribution >= 0.6 is 0 Å². The first-order chi connectivity index (χ1) is 18.6. The summed E-state index contributed by atoms with van der Waals surface area (Å²) in [6, 6.07) is 9.28. The van der Waals surface area contributed by atoms with Crippen molar-refractivity contribution in [1.82, 2.24) is 14.1 Å². The van der Waals surface area contributed by atoms with Gasteiger partial charge in [0.25, 0.3) is 0 Å². The first-order valence-electron chi connectivity index (χ1n) is 12.5. The molecule has 0 bridgehead atoms. The third-order valence-electron chi connectivity index (χ3n) is 7.02. The molecule has 39 heavy (non-hydrogen) atoms. The van der Waals surface area contributed by atoms with Gasteiger partial charge in [-0.05, 0) is 48.1 Å². The predicted molar refractivity (Wildman–Crippen MR) is 140 cm³/mol. The van der Waals surface area contributed by atoms with E-state index in [1.54, 1.807) is 29.2 Å². The highest BCUT2D eigenvalue weighted by atomic mass is 32.2. The van der Waals surface area contributed by atoms with E-state index in [-0.39, 0.29) is 61.8 Å². The Hall–Kier alpha value is -3.58. The van der Waals surface area contributed by atoms with Crippen molar-refractivity contribution in [2.45, 2.75) is 12.2 Å². The Bertz CT molecular complexity index is 1490. The fraction of sp³-hybridized carbons (Fsp3) is 0.385. The topological polar surface area (TPSA) is 111 Å². The quantitative estimate of drug-likeness (QED) is 0.399. The van der Waals surface area contributed by atoms with Crippen LogP contribution in [0, 0.1) is 23.5 Å². The summed E-state index contributed by atoms with van der Waals surface area (Å²) in [6.07, 6.45) is 2.00. The Morgan fingerprint density at radius 2 is 1.67 bits per heavy atom. The van der Waals surface area contributed by atoms with Crippen LogP contribution in [0.2, 0.25) is 0 Å². The van der Waals surface area contributed by atoms with Crippen LogP contribution in [0.25, 0.3) is 5.69 Å². The molecule has 1 aromatic heterocycles. The molecule has 2 atom stereocenters. The maximum absolute atomic E-state index is 13.8. The minimum absolute atomic E-state index is 0.0363. The Labute approximate surface area is 223 Å². The molecule has 5 rings (SSSR count). The molecular weight excluding hydrogens is 535 g/mol. The van der Waals surface area contributed by atoms with Crippen molar-refractivity contribution in [2.24, 2.45) is 11.8 Å². The highest BCUT2D eigenvalue weighted by molar-refractivity contribution is 7.88. The van der Waals surface area contributed by atoms with Crippen molar-refractivity contribution >= 4 is 21.4 Å². The number of nitrogens with two attached hydrogens (primary N) is 1. The minimum atomic E-state index is -3.60. The molecule has 1 saturated carbocycles. The molecule has 2 heterocycles. The second-order valence-electron chi connectivity index (χ2n) is 9.81. The molecule has 13 heteroatoms. The molecule has 1 aliphatic carbocycles. The summed E-state index contributed by atoms with van der Waals surface area (Å²) in [5.74, 6) is -2.15. The van der Waals surface area contributed by atoms with Crippen molar-refractivity contribution < 1.29 is 26.3 Å². The van der Waals surface area contributed by atoms with Gasteiger partial charge in [0.05, 0.1) is 30.9 Å². The highest BCUT2D eigenvalue weighted by Gasteiger charge is 2.38. The lowest BCUT2D eigenvalue weighted by atomic mass is 10.2. The maximum atomic E-state index is 13.8. The van der Waals surface area contributed by atoms with Gasteiger partial charge in [-0.1, -0.05) is 12.1 Å². The van der Waals surface area contributed by atoms with Gasteiger partial charge in [0, 0.05) is 37.9 Å². The molecule has 2 aliphatic rings. The molecular formula is C26H28F3N5O4S. The summed E-state index contributed by atoms with van der Waals surface area (Å²) >= 11 is 0. The van der Waals surface area contributed by atoms with Gasteiger partial charge in [0.2, 0.25) is 15.8 Å². The maximum Gasteiger partial charge on any atom is 0.316 e. The van der Waals surface area contributed by atoms with Crippen LogP contribution in [-0.4, -0.2) is 62.0 Å². The van der Waals surface area contributed by atoms with Gasteiger partial charge < -0.3 is 15.4 Å². The van der Waals surface area contributed by atoms with E-state index < -0.39 is 33.9 Å². The number of nitrogens with zero attached hydrogens (tertiary/aromatic N) is 4. The summed E-state index contributed by atoms with van der Waals surface area (Å²) in [4.78, 5) is 15.2. The van der Waals surface area contributed by atoms with Crippen molar-refractivity contribution in [3.05, 3.63) is 76.2 Å². The molecule has 208 valence electrons. The van der Waals surface area contributed by atoms with Crippen LogP contribution in [0.5, 0.6) is 5.75 Å². The smallest absolute Gasteiger partial charge is 0.316 e. The summed E-state index contributed by atoms with van der Waals surface area (Å²) in [7, 11) is -3.60. The van der Waals surface area contributed by atoms with Gasteiger partial charge in [-0.3, -0.25) is 9.18 Å². The number of nitrogen functional groups attached to an aromatic ring is 1. The standard InChI is InChI=1S/C26H28F3N5O4S/c27-13-18-9-19(18)15-38-25-24(14-31-34(26(25)35)23-11-20(28)10-21(29)12-23)32-5-7-33(8-6-32)39(36,37)16-17-1-3-22(30)4-2-17/h1-4,10-12,14,18-19H,5-9,13,15-16,30H2/t18-,19-/m1/s1. The van der Waals surface area contributed by atoms with Gasteiger partial charge >= 0.3 is 5.56 Å². The molecule has 2 fully saturated rings. The van der Waals surface area contributed by atoms with Crippen LogP contribution in [-0.2, 0) is 15.8 Å². The molecule has 1 saturated heterocycles. The van der Waals surface area contributed by atoms with E-state index in [9.17, 15) is 26.4 Å². The van der Waals surface area contributed by atoms with E-state index >= 15 is 0 Å². The Morgan fingerprint density at radius 3 is 2.28 bits per heavy atom. The lowest BCUT2D eigenvalue weighted by Gasteiger charge is -2.35. The van der Waals surface area contributed by atoms with Gasteiger partial charge in [-0.25, -0.2) is 17.2 Å². The van der Waals surface area contributed by atoms with Gasteiger partial charge in [-0.2, -0.15) is 14.1 Å². The molecule has 3 aromatic rings. The average Bonchev–Trinajstić information content (AvgIpc) is 3.67. The molecule has 0 unspecified atom stereocenters. The van der Waals surface area contributed by atoms with Gasteiger partial charge in [0.1, 0.15) is 17.3 Å². The highest BCUT2D eigenvalue weighted by Crippen LogP contribution is 2.39. The number of benzene rings is 2. The van der Waals surface area contributed by atoms with Gasteiger partial charge in [0.15, 0.2) is 0 Å². The van der Waals surface area contributed by atoms with E-state index in [2.05, 4.69) is 5.10 Å². The summed E-state index contributed by atoms with van der Waals surface area (Å²) in [5.41, 5.74) is 6.34. The van der Waals surface area contributed by atoms with Crippen molar-refractivity contribution in [1.29, 1.82) is 0 Å². The SMILES string of the molecule is Nc1ccc(CS(=O)(=O)N2CCN(c3cnn(-c4cc(F)cc(F)c4)c(=O)c3OC[C@H]3C[C@@H]3CF)CC2)cc1. The molecule has 1 aliphatic heterocycles. The van der Waals surface area contributed by atoms with E-state index in [1.165, 1.54) is 10.5 Å². The van der Waals surface area contributed by atoms with Crippen LogP contribution in [0.4, 0.5) is 24.5 Å². The largest absolute Gasteiger partial charge is 0.486 e. The Morgan fingerprint density at radius 1 is 1.00 bits per heavy atom. The second-order valence-corrected chi connectivity index (χ2v) is 11.8. The van der Waals surface area contributed by atoms with E-state index in [0.29, 0.717) is 29.4 Å². The fourth-order valence-electron chi connectivity index (χ4n) is 4.65. The van der Waals surface area contributed by atoms with Crippen LogP contribution in [0.3, 0.4) is 0 Å². The van der Waals surface area contributed by atoms with Crippen molar-refractivity contribution in [2.75, 3.05) is 50.1 Å². The van der Waals surface area contributed by atoms with Gasteiger partial charge in [-0.15, -0.1) is 0 Å². The normalized spacial score (nSPS) is 19.7. The molecule has 0 spiro atoms. The third kappa shape index (κ3) is 6.04. The number of ether oxygens (including phenoxy) is 1. The lowest BCUT2D eigenvalue weighted by Crippen LogP contribution is -2.49. The zero-order valence-corrected chi connectivity index (χ0v) is 21.8. The summed E-state index contributed by atoms with van der Waals surface area (Å²) in [6.45, 7) is 0.481. The van der Waals surface area contributed by atoms with Crippen LogP contribution in [0.1, 0.15) is 12.0 Å². The third-order valence-corrected chi connectivity index (χ3v) is 8.87. The molecule has 2 aromatic carbocycles. The minimum Gasteiger partial charge on any atom is -0.486 e. The van der Waals surface area contributed by atoms with E-state index in [0.717, 1.165) is 16.8 Å². The summed E-state index contributed by atoms with van der Waals surface area (Å²) in [5, 5.41) is 4.12. The number of alkyl halides is 1. The Kier molecular flexibility index (Phi) is 7.54. The summed E-state index contributed by atoms with van der Waals surface area (Å²) < 4.78 is 74.7. The number of piperazine rings is 1. The number of halogens is 3. The Balaban J connectivity index is 1.37. The van der Waals surface area contributed by atoms with Crippen molar-refractivity contribution in [3.63, 3.8) is 0 Å². The van der Waals surface area contributed by atoms with Crippen molar-refractivity contribution in [3.8, 4) is 11.4 Å². The molecule has 0 amide bonds. The fourth-order valence-corrected chi connectivity index (χ4v) is 6.17. The van der Waals surface area contributed by atoms with Crippen LogP contribution < -0.4 is 20.9 Å². The monoisotopic (exact) mass is 563 g/mol. The first kappa shape index (κ1) is 27.0. The molecule has 0 radical (unpaired) electrons. The molecule has 2 N–H and O–H groups in total. The zero-order chi connectivity index (χ0) is 27.7. The lowest BCUT2D eigenvalue weighted by molar-refractivity contribution is 0.278. The van der Waals surface area contributed by atoms with E-state index in [4.69, 9.17) is 10.5 Å². The predicted octanol–water partition coefficient (Wildman–Crippen LogP) is 2.73. The zero-order valence-electron chi connectivity index (χ0n) is 21.0. The number of anilines is 2. The van der Waals surface area contributed by atoms with Crippen LogP contribution in [0.15, 0.2) is 53.5 Å². The first-order valence-corrected chi connectivity index (χ1v) is 14.1. The number of aromatic nitrogens is 2. The number of sulfonamides is 1. The van der Waals surface area contributed by atoms with E-state index in [1.807, 2.05) is 0 Å². The number of rotatable bonds is 9. The number of hydrogen-bond donors (Lipinski definition) is 1. The average molecular weight is 564 g/mol. The second kappa shape index (κ2) is 10.9. The molecule has 9 nitrogen and oxygen atoms in total.